The summed E-state index contributed by atoms with van der Waals surface area (Å²) in [5, 5.41) is 0. The number of carbonyl (C=O) groups excluding carboxylic acids is 2. The number of hydrogen-bond donors (Lipinski definition) is 0. The van der Waals surface area contributed by atoms with Crippen LogP contribution in [-0.4, -0.2) is 16.9 Å². The van der Waals surface area contributed by atoms with Crippen LogP contribution in [0.3, 0.4) is 0 Å². The van der Waals surface area contributed by atoms with Gasteiger partial charge < -0.3 is 4.74 Å². The number of imide groups is 1. The van der Waals surface area contributed by atoms with E-state index in [1.807, 2.05) is 129 Å². The average molecular weight is 462 g/mol. The third-order valence-corrected chi connectivity index (χ3v) is 6.79. The maximum absolute atomic E-state index is 14.0. The molecule has 0 saturated carbocycles. The van der Waals surface area contributed by atoms with Crippen LogP contribution in [0.5, 0.6) is 0 Å². The first-order valence-corrected chi connectivity index (χ1v) is 11.8. The smallest absolute Gasteiger partial charge is 0.418 e. The van der Waals surface area contributed by atoms with Gasteiger partial charge in [-0.2, -0.15) is 0 Å². The van der Waals surface area contributed by atoms with Gasteiger partial charge in [0.05, 0.1) is 5.92 Å². The Morgan fingerprint density at radius 3 is 1.77 bits per heavy atom. The van der Waals surface area contributed by atoms with E-state index < -0.39 is 23.7 Å². The van der Waals surface area contributed by atoms with Crippen molar-refractivity contribution in [2.75, 3.05) is 0 Å². The van der Waals surface area contributed by atoms with Crippen LogP contribution in [0.1, 0.15) is 46.7 Å². The van der Waals surface area contributed by atoms with Crippen molar-refractivity contribution in [1.29, 1.82) is 0 Å². The normalized spacial score (nSPS) is 17.6. The van der Waals surface area contributed by atoms with E-state index >= 15 is 0 Å². The van der Waals surface area contributed by atoms with Gasteiger partial charge >= 0.3 is 6.09 Å². The Hall–Kier alpha value is -4.18. The Balaban J connectivity index is 1.71. The Labute approximate surface area is 205 Å². The second-order valence-corrected chi connectivity index (χ2v) is 8.99. The molecule has 174 valence electrons. The van der Waals surface area contributed by atoms with Gasteiger partial charge in [-0.1, -0.05) is 121 Å². The number of hydrogen-bond acceptors (Lipinski definition) is 3. The first-order valence-electron chi connectivity index (χ1n) is 11.8. The Kier molecular flexibility index (Phi) is 5.96. The predicted molar refractivity (Wildman–Crippen MR) is 136 cm³/mol. The minimum absolute atomic E-state index is 0.290. The highest BCUT2D eigenvalue weighted by Crippen LogP contribution is 2.53. The van der Waals surface area contributed by atoms with E-state index in [-0.39, 0.29) is 5.91 Å². The molecular formula is C31H27NO3. The lowest BCUT2D eigenvalue weighted by Crippen LogP contribution is -2.41. The van der Waals surface area contributed by atoms with Crippen LogP contribution in [0.2, 0.25) is 0 Å². The molecule has 5 rings (SSSR count). The van der Waals surface area contributed by atoms with Gasteiger partial charge in [0.1, 0.15) is 6.04 Å². The molecule has 2 amide bonds. The Morgan fingerprint density at radius 1 is 0.771 bits per heavy atom. The lowest BCUT2D eigenvalue weighted by atomic mass is 9.77. The van der Waals surface area contributed by atoms with Gasteiger partial charge in [-0.25, -0.2) is 9.69 Å². The highest BCUT2D eigenvalue weighted by atomic mass is 16.6. The van der Waals surface area contributed by atoms with Crippen LogP contribution >= 0.6 is 0 Å². The SMILES string of the molecule is Cc1ccc([C@H](C)C(=O)N2C(=O)OC(c3ccccc3)(c3ccccc3)[C@H]2c2ccccc2)cc1. The molecule has 4 aromatic carbocycles. The molecule has 0 aliphatic carbocycles. The Morgan fingerprint density at radius 2 is 1.26 bits per heavy atom. The number of rotatable bonds is 5. The van der Waals surface area contributed by atoms with Crippen molar-refractivity contribution in [2.45, 2.75) is 31.4 Å². The summed E-state index contributed by atoms with van der Waals surface area (Å²) in [5.74, 6) is -0.807. The third kappa shape index (κ3) is 3.91. The zero-order chi connectivity index (χ0) is 24.4. The fourth-order valence-electron chi connectivity index (χ4n) is 4.94. The van der Waals surface area contributed by atoms with Gasteiger partial charge in [0, 0.05) is 11.1 Å². The molecule has 4 heteroatoms. The largest absolute Gasteiger partial charge is 0.430 e. The summed E-state index contributed by atoms with van der Waals surface area (Å²) in [4.78, 5) is 29.0. The molecule has 35 heavy (non-hydrogen) atoms. The zero-order valence-corrected chi connectivity index (χ0v) is 19.8. The van der Waals surface area contributed by atoms with E-state index in [0.717, 1.165) is 27.8 Å². The molecule has 4 aromatic rings. The molecule has 0 bridgehead atoms. The van der Waals surface area contributed by atoms with E-state index in [0.29, 0.717) is 0 Å². The summed E-state index contributed by atoms with van der Waals surface area (Å²) in [6, 6.07) is 36.2. The maximum Gasteiger partial charge on any atom is 0.418 e. The van der Waals surface area contributed by atoms with E-state index in [2.05, 4.69) is 0 Å². The molecule has 4 nitrogen and oxygen atoms in total. The second-order valence-electron chi connectivity index (χ2n) is 8.99. The zero-order valence-electron chi connectivity index (χ0n) is 19.8. The first kappa shape index (κ1) is 22.6. The van der Waals surface area contributed by atoms with Gasteiger partial charge in [0.15, 0.2) is 5.60 Å². The minimum Gasteiger partial charge on any atom is -0.430 e. The number of ether oxygens (including phenoxy) is 1. The van der Waals surface area contributed by atoms with Gasteiger partial charge in [0.2, 0.25) is 5.91 Å². The van der Waals surface area contributed by atoms with Crippen molar-refractivity contribution >= 4 is 12.0 Å². The molecule has 0 aromatic heterocycles. The molecule has 2 atom stereocenters. The third-order valence-electron chi connectivity index (χ3n) is 6.79. The van der Waals surface area contributed by atoms with Crippen LogP contribution in [0.15, 0.2) is 115 Å². The maximum atomic E-state index is 14.0. The average Bonchev–Trinajstić information content (AvgIpc) is 3.23. The van der Waals surface area contributed by atoms with Crippen molar-refractivity contribution in [3.8, 4) is 0 Å². The Bertz CT molecular complexity index is 1280. The summed E-state index contributed by atoms with van der Waals surface area (Å²) < 4.78 is 6.29. The van der Waals surface area contributed by atoms with Crippen LogP contribution in [0.25, 0.3) is 0 Å². The van der Waals surface area contributed by atoms with E-state index in [4.69, 9.17) is 4.74 Å². The standard InChI is InChI=1S/C31H27NO3/c1-22-18-20-24(21-19-22)23(2)29(33)32-28(25-12-6-3-7-13-25)31(35-30(32)34,26-14-8-4-9-15-26)27-16-10-5-11-17-27/h3-21,23,28H,1-2H3/t23-,28+/m0/s1. The molecule has 0 radical (unpaired) electrons. The van der Waals surface area contributed by atoms with Crippen LogP contribution in [-0.2, 0) is 15.1 Å². The molecule has 0 unspecified atom stereocenters. The number of nitrogens with zero attached hydrogens (tertiary/aromatic N) is 1. The first-order chi connectivity index (χ1) is 17.0. The number of cyclic esters (lactones) is 1. The fraction of sp³-hybridized carbons (Fsp3) is 0.161. The van der Waals surface area contributed by atoms with Crippen molar-refractivity contribution in [3.63, 3.8) is 0 Å². The highest BCUT2D eigenvalue weighted by Gasteiger charge is 2.59. The number of aryl methyl sites for hydroxylation is 1. The fourth-order valence-corrected chi connectivity index (χ4v) is 4.94. The molecule has 1 saturated heterocycles. The highest BCUT2D eigenvalue weighted by molar-refractivity contribution is 5.98. The molecule has 1 heterocycles. The summed E-state index contributed by atoms with van der Waals surface area (Å²) >= 11 is 0. The van der Waals surface area contributed by atoms with Crippen molar-refractivity contribution in [1.82, 2.24) is 4.90 Å². The van der Waals surface area contributed by atoms with E-state index in [1.54, 1.807) is 0 Å². The summed E-state index contributed by atoms with van der Waals surface area (Å²) in [6.07, 6.45) is -0.643. The topological polar surface area (TPSA) is 46.6 Å². The van der Waals surface area contributed by atoms with Gasteiger partial charge in [0.25, 0.3) is 0 Å². The van der Waals surface area contributed by atoms with Gasteiger partial charge in [-0.05, 0) is 25.0 Å². The van der Waals surface area contributed by atoms with E-state index in [1.165, 1.54) is 4.90 Å². The molecule has 0 N–H and O–H groups in total. The molecule has 1 aliphatic rings. The van der Waals surface area contributed by atoms with E-state index in [9.17, 15) is 9.59 Å². The summed E-state index contributed by atoms with van der Waals surface area (Å²) in [7, 11) is 0. The van der Waals surface area contributed by atoms with Crippen molar-refractivity contribution in [3.05, 3.63) is 143 Å². The number of benzene rings is 4. The molecular weight excluding hydrogens is 434 g/mol. The minimum atomic E-state index is -1.19. The quantitative estimate of drug-likeness (QED) is 0.330. The van der Waals surface area contributed by atoms with Gasteiger partial charge in [-0.15, -0.1) is 0 Å². The summed E-state index contributed by atoms with van der Waals surface area (Å²) in [5.41, 5.74) is 3.23. The monoisotopic (exact) mass is 461 g/mol. The van der Waals surface area contributed by atoms with Crippen molar-refractivity contribution in [2.24, 2.45) is 0 Å². The van der Waals surface area contributed by atoms with Crippen LogP contribution < -0.4 is 0 Å². The predicted octanol–water partition coefficient (Wildman–Crippen LogP) is 6.76. The molecule has 1 fully saturated rings. The molecule has 0 spiro atoms. The second kappa shape index (κ2) is 9.22. The number of amides is 2. The number of carbonyl (C=O) groups is 2. The van der Waals surface area contributed by atoms with Crippen LogP contribution in [0, 0.1) is 6.92 Å². The van der Waals surface area contributed by atoms with Crippen molar-refractivity contribution < 1.29 is 14.3 Å². The van der Waals surface area contributed by atoms with Gasteiger partial charge in [-0.3, -0.25) is 4.79 Å². The molecule has 1 aliphatic heterocycles. The lowest BCUT2D eigenvalue weighted by molar-refractivity contribution is -0.131. The van der Waals surface area contributed by atoms with Crippen LogP contribution in [0.4, 0.5) is 4.79 Å². The lowest BCUT2D eigenvalue weighted by Gasteiger charge is -2.36. The summed E-state index contributed by atoms with van der Waals surface area (Å²) in [6.45, 7) is 3.85.